The van der Waals surface area contributed by atoms with Crippen LogP contribution in [0.5, 0.6) is 0 Å². The molecule has 0 radical (unpaired) electrons. The van der Waals surface area contributed by atoms with Crippen LogP contribution in [0.3, 0.4) is 0 Å². The Kier molecular flexibility index (Phi) is 16.4. The maximum absolute atomic E-state index is 8.92. The van der Waals surface area contributed by atoms with E-state index in [1.807, 2.05) is 0 Å². The van der Waals surface area contributed by atoms with Crippen molar-refractivity contribution in [3.05, 3.63) is 5.73 Å². The molecule has 0 fully saturated rings. The fraction of sp³-hybridized carbons (Fsp3) is 1.00. The van der Waals surface area contributed by atoms with Gasteiger partial charge in [0.2, 0.25) is 0 Å². The topological polar surface area (TPSA) is 93.0 Å². The van der Waals surface area contributed by atoms with E-state index in [0.29, 0.717) is 0 Å². The third-order valence-corrected chi connectivity index (χ3v) is 0. The van der Waals surface area contributed by atoms with Crippen molar-refractivity contribution in [2.45, 2.75) is 0 Å². The van der Waals surface area contributed by atoms with E-state index < -0.39 is 6.72 Å². The maximum atomic E-state index is 8.92. The molecule has 0 aromatic carbocycles. The summed E-state index contributed by atoms with van der Waals surface area (Å²) in [5, 5.41) is 0. The third-order valence-electron chi connectivity index (χ3n) is 0. The molecule has 7 heteroatoms. The molecule has 0 atom stereocenters. The van der Waals surface area contributed by atoms with Gasteiger partial charge >= 0.3 is 0 Å². The molecule has 0 unspecified atom stereocenters. The van der Waals surface area contributed by atoms with Gasteiger partial charge in [0.05, 0.1) is 0 Å². The molecule has 0 amide bonds. The van der Waals surface area contributed by atoms with Gasteiger partial charge in [0.25, 0.3) is 0 Å². The van der Waals surface area contributed by atoms with Crippen LogP contribution in [0.1, 0.15) is 0 Å². The molecule has 0 saturated heterocycles. The van der Waals surface area contributed by atoms with Gasteiger partial charge < -0.3 is 27.1 Å². The van der Waals surface area contributed by atoms with Crippen molar-refractivity contribution < 1.29 is 35.7 Å². The second-order valence-electron chi connectivity index (χ2n) is 0.447. The van der Waals surface area contributed by atoms with Crippen LogP contribution in [0.4, 0.5) is 0 Å². The minimum absolute atomic E-state index is 0. The van der Waals surface area contributed by atoms with Gasteiger partial charge in [-0.25, -0.2) is 0 Å². The molecule has 0 spiro atoms. The summed E-state index contributed by atoms with van der Waals surface area (Å²) in [6.45, 7) is -4.56. The van der Waals surface area contributed by atoms with E-state index in [0.717, 1.165) is 0 Å². The standard InChI is InChI=1S/CH4N.H3O3PS.W/c1-2;1-4(2,3)5;/h2H,1H3;(H3,1,2,3,5);/q-1;;/p-3. The van der Waals surface area contributed by atoms with Crippen molar-refractivity contribution in [2.75, 3.05) is 7.05 Å². The molecule has 4 nitrogen and oxygen atoms in total. The molecule has 0 aliphatic carbocycles. The van der Waals surface area contributed by atoms with Gasteiger partial charge in [0.15, 0.2) is 0 Å². The first kappa shape index (κ1) is 16.1. The Morgan fingerprint density at radius 1 is 1.25 bits per heavy atom. The molecule has 0 bridgehead atoms. The second kappa shape index (κ2) is 8.18. The van der Waals surface area contributed by atoms with Gasteiger partial charge in [-0.15, -0.1) is 0 Å². The van der Waals surface area contributed by atoms with Crippen molar-refractivity contribution in [1.82, 2.24) is 0 Å². The molecule has 52 valence electrons. The summed E-state index contributed by atoms with van der Waals surface area (Å²) in [5.41, 5.74) is 5.75. The maximum Gasteiger partial charge on any atom is 0 e. The minimum atomic E-state index is -4.56. The first-order valence-electron chi connectivity index (χ1n) is 1.23. The van der Waals surface area contributed by atoms with E-state index in [1.54, 1.807) is 0 Å². The number of hydrogen-bond donors (Lipinski definition) is 0. The average Bonchev–Trinajstić information content (AvgIpc) is 1.36. The zero-order chi connectivity index (χ0) is 6.50. The van der Waals surface area contributed by atoms with Crippen LogP contribution in [0.2, 0.25) is 0 Å². The van der Waals surface area contributed by atoms with E-state index in [-0.39, 0.29) is 21.1 Å². The van der Waals surface area contributed by atoms with E-state index >= 15 is 0 Å². The van der Waals surface area contributed by atoms with Crippen molar-refractivity contribution >= 4 is 18.5 Å². The average molecular weight is 325 g/mol. The van der Waals surface area contributed by atoms with Crippen LogP contribution in [0.15, 0.2) is 0 Å². The van der Waals surface area contributed by atoms with Crippen molar-refractivity contribution in [3.8, 4) is 0 Å². The Labute approximate surface area is 67.2 Å². The Morgan fingerprint density at radius 3 is 1.25 bits per heavy atom. The Hall–Kier alpha value is 1.18. The zero-order valence-electron chi connectivity index (χ0n) is 3.99. The van der Waals surface area contributed by atoms with Crippen LogP contribution in [0.25, 0.3) is 5.73 Å². The molecule has 0 saturated carbocycles. The number of rotatable bonds is 0. The van der Waals surface area contributed by atoms with Gasteiger partial charge in [0, 0.05) is 21.1 Å². The molecule has 0 aromatic heterocycles. The summed E-state index contributed by atoms with van der Waals surface area (Å²) < 4.78 is 0. The number of hydrogen-bond acceptors (Lipinski definition) is 4. The quantitative estimate of drug-likeness (QED) is 0.480. The molecule has 8 heavy (non-hydrogen) atoms. The van der Waals surface area contributed by atoms with E-state index in [9.17, 15) is 0 Å². The molecular formula is CH4NO3PSW-4. The van der Waals surface area contributed by atoms with Crippen molar-refractivity contribution in [2.24, 2.45) is 0 Å². The zero-order valence-corrected chi connectivity index (χ0v) is 8.63. The second-order valence-corrected chi connectivity index (χ2v) is 2.68. The van der Waals surface area contributed by atoms with Crippen LogP contribution >= 0.6 is 6.72 Å². The largest absolute Gasteiger partial charge is 0.844 e. The summed E-state index contributed by atoms with van der Waals surface area (Å²) >= 11 is 3.27. The van der Waals surface area contributed by atoms with Gasteiger partial charge in [-0.1, -0.05) is 0 Å². The van der Waals surface area contributed by atoms with Gasteiger partial charge in [0.1, 0.15) is 0 Å². The van der Waals surface area contributed by atoms with Crippen LogP contribution < -0.4 is 14.7 Å². The Bertz CT molecular complexity index is 65.4. The molecule has 0 aliphatic rings. The fourth-order valence-electron chi connectivity index (χ4n) is 0. The SMILES string of the molecule is C[NH-].[O-]P([O-])([O-])=S.[W]. The monoisotopic (exact) mass is 325 g/mol. The summed E-state index contributed by atoms with van der Waals surface area (Å²) in [7, 11) is 1.25. The molecule has 0 heterocycles. The number of nitrogens with one attached hydrogen (secondary N) is 1. The molecule has 0 rings (SSSR count). The predicted molar refractivity (Wildman–Crippen MR) is 24.5 cm³/mol. The Morgan fingerprint density at radius 2 is 1.25 bits per heavy atom. The third kappa shape index (κ3) is 197. The smallest absolute Gasteiger partial charge is 0 e. The van der Waals surface area contributed by atoms with E-state index in [1.165, 1.54) is 7.05 Å². The first-order chi connectivity index (χ1) is 3.00. The van der Waals surface area contributed by atoms with Crippen molar-refractivity contribution in [1.29, 1.82) is 0 Å². The minimum Gasteiger partial charge on any atom is -0.844 e. The van der Waals surface area contributed by atoms with E-state index in [2.05, 4.69) is 11.8 Å². The van der Waals surface area contributed by atoms with E-state index in [4.69, 9.17) is 20.4 Å². The van der Waals surface area contributed by atoms with Gasteiger partial charge in [-0.2, -0.15) is 18.9 Å². The van der Waals surface area contributed by atoms with Gasteiger partial charge in [-0.05, 0) is 0 Å². The summed E-state index contributed by atoms with van der Waals surface area (Å²) in [5.74, 6) is 0. The molecule has 0 aromatic rings. The molecule has 1 N–H and O–H groups in total. The summed E-state index contributed by atoms with van der Waals surface area (Å²) in [6, 6.07) is 0. The van der Waals surface area contributed by atoms with Crippen molar-refractivity contribution in [3.63, 3.8) is 0 Å². The fourth-order valence-corrected chi connectivity index (χ4v) is 0. The van der Waals surface area contributed by atoms with Crippen LogP contribution in [-0.2, 0) is 32.9 Å². The first-order valence-corrected chi connectivity index (χ1v) is 3.79. The molecular weight excluding hydrogens is 321 g/mol. The van der Waals surface area contributed by atoms with Crippen LogP contribution in [-0.4, -0.2) is 7.05 Å². The Balaban J connectivity index is -0.0000000750. The predicted octanol–water partition coefficient (Wildman–Crippen LogP) is -2.04. The summed E-state index contributed by atoms with van der Waals surface area (Å²) in [4.78, 5) is 26.8. The van der Waals surface area contributed by atoms with Gasteiger partial charge in [-0.3, -0.25) is 0 Å². The normalized spacial score (nSPS) is 8.12. The molecule has 0 aliphatic heterocycles. The van der Waals surface area contributed by atoms with Crippen LogP contribution in [0, 0.1) is 0 Å². The summed E-state index contributed by atoms with van der Waals surface area (Å²) in [6.07, 6.45) is 0.